The van der Waals surface area contributed by atoms with E-state index in [4.69, 9.17) is 69.6 Å². The Balaban J connectivity index is 1.55. The molecule has 0 saturated heterocycles. The number of carbonyl (C=O) groups excluding carboxylic acids is 2. The van der Waals surface area contributed by atoms with Gasteiger partial charge in [-0.05, 0) is 60.2 Å². The quantitative estimate of drug-likeness (QED) is 0.299. The zero-order chi connectivity index (χ0) is 24.8. The summed E-state index contributed by atoms with van der Waals surface area (Å²) >= 11 is 37.4. The van der Waals surface area contributed by atoms with Gasteiger partial charge < -0.3 is 10.6 Å². The normalized spacial score (nSPS) is 18.3. The smallest absolute Gasteiger partial charge is 0.257 e. The van der Waals surface area contributed by atoms with E-state index in [2.05, 4.69) is 10.6 Å². The van der Waals surface area contributed by atoms with E-state index in [1.54, 1.807) is 18.2 Å². The Bertz CT molecular complexity index is 1280. The van der Waals surface area contributed by atoms with Gasteiger partial charge in [-0.1, -0.05) is 46.4 Å². The number of carbonyl (C=O) groups is 2. The highest BCUT2D eigenvalue weighted by Crippen LogP contribution is 2.65. The van der Waals surface area contributed by atoms with Gasteiger partial charge >= 0.3 is 0 Å². The summed E-state index contributed by atoms with van der Waals surface area (Å²) in [4.78, 5) is 25.7. The number of nitrogens with one attached hydrogen (secondary N) is 2. The second-order valence-corrected chi connectivity index (χ2v) is 10.7. The van der Waals surface area contributed by atoms with Crippen molar-refractivity contribution in [1.29, 1.82) is 0 Å². The van der Waals surface area contributed by atoms with E-state index in [1.807, 2.05) is 0 Å². The molecule has 0 spiro atoms. The number of halogens is 7. The Labute approximate surface area is 224 Å². The van der Waals surface area contributed by atoms with Gasteiger partial charge in [0.15, 0.2) is 0 Å². The summed E-state index contributed by atoms with van der Waals surface area (Å²) in [6, 6.07) is 12.7. The zero-order valence-electron chi connectivity index (χ0n) is 16.8. The number of benzene rings is 3. The van der Waals surface area contributed by atoms with Gasteiger partial charge in [-0.2, -0.15) is 0 Å². The Hall–Kier alpha value is -1.73. The minimum atomic E-state index is -1.39. The van der Waals surface area contributed by atoms with E-state index in [9.17, 15) is 14.0 Å². The first-order chi connectivity index (χ1) is 16.0. The van der Waals surface area contributed by atoms with Gasteiger partial charge in [-0.3, -0.25) is 9.59 Å². The van der Waals surface area contributed by atoms with Crippen molar-refractivity contribution in [2.75, 3.05) is 10.6 Å². The van der Waals surface area contributed by atoms with Crippen molar-refractivity contribution >= 4 is 92.8 Å². The number of amides is 2. The molecule has 176 valence electrons. The van der Waals surface area contributed by atoms with Crippen molar-refractivity contribution in [2.45, 2.75) is 10.3 Å². The molecule has 4 rings (SSSR count). The standard InChI is InChI=1S/C23H13Cl6FN2O2/c24-11-5-10(6-12(25)7-11)19-20(23(19,28)29)22(34)32-18-8-15(16(26)9-17(18)27)21(33)31-14-3-1-13(30)2-4-14/h1-9,19-20H,(H,31,33)(H,32,34). The molecule has 0 aliphatic heterocycles. The first kappa shape index (κ1) is 25.4. The third kappa shape index (κ3) is 5.25. The SMILES string of the molecule is O=C(Nc1ccc(F)cc1)c1cc(NC(=O)C2C(c3cc(Cl)cc(Cl)c3)C2(Cl)Cl)c(Cl)cc1Cl. The summed E-state index contributed by atoms with van der Waals surface area (Å²) in [6.07, 6.45) is 0. The van der Waals surface area contributed by atoms with Gasteiger partial charge in [0, 0.05) is 21.7 Å². The third-order valence-corrected chi connectivity index (χ3v) is 7.24. The fraction of sp³-hybridized carbons (Fsp3) is 0.130. The molecule has 0 bridgehead atoms. The second kappa shape index (κ2) is 9.73. The predicted octanol–water partition coefficient (Wildman–Crippen LogP) is 8.22. The Morgan fingerprint density at radius 2 is 1.44 bits per heavy atom. The van der Waals surface area contributed by atoms with Crippen LogP contribution >= 0.6 is 69.6 Å². The minimum Gasteiger partial charge on any atom is -0.324 e. The van der Waals surface area contributed by atoms with Crippen molar-refractivity contribution in [2.24, 2.45) is 5.92 Å². The average molecular weight is 581 g/mol. The molecule has 2 N–H and O–H groups in total. The number of alkyl halides is 2. The maximum Gasteiger partial charge on any atom is 0.257 e. The molecule has 3 aromatic rings. The molecule has 1 aliphatic rings. The molecule has 11 heteroatoms. The number of hydrogen-bond acceptors (Lipinski definition) is 2. The molecule has 1 saturated carbocycles. The first-order valence-corrected chi connectivity index (χ1v) is 11.9. The molecule has 2 amide bonds. The molecule has 3 aromatic carbocycles. The summed E-state index contributed by atoms with van der Waals surface area (Å²) in [5, 5.41) is 6.19. The van der Waals surface area contributed by atoms with Crippen LogP contribution in [0.5, 0.6) is 0 Å². The molecule has 34 heavy (non-hydrogen) atoms. The van der Waals surface area contributed by atoms with Crippen LogP contribution in [0, 0.1) is 11.7 Å². The average Bonchev–Trinajstić information content (AvgIpc) is 3.33. The molecule has 4 nitrogen and oxygen atoms in total. The van der Waals surface area contributed by atoms with E-state index in [-0.39, 0.29) is 21.3 Å². The molecule has 0 aromatic heterocycles. The van der Waals surface area contributed by atoms with Gasteiger partial charge in [-0.25, -0.2) is 4.39 Å². The molecule has 1 aliphatic carbocycles. The van der Waals surface area contributed by atoms with Gasteiger partial charge in [0.25, 0.3) is 5.91 Å². The van der Waals surface area contributed by atoms with E-state index < -0.39 is 33.8 Å². The molecule has 0 heterocycles. The molecule has 2 atom stereocenters. The fourth-order valence-electron chi connectivity index (χ4n) is 3.58. The molecule has 0 radical (unpaired) electrons. The molecular weight excluding hydrogens is 568 g/mol. The van der Waals surface area contributed by atoms with E-state index in [0.717, 1.165) is 0 Å². The largest absolute Gasteiger partial charge is 0.324 e. The number of rotatable bonds is 5. The van der Waals surface area contributed by atoms with Crippen LogP contribution in [-0.4, -0.2) is 16.1 Å². The van der Waals surface area contributed by atoms with Gasteiger partial charge in [0.2, 0.25) is 5.91 Å². The maximum atomic E-state index is 13.1. The first-order valence-electron chi connectivity index (χ1n) is 9.68. The summed E-state index contributed by atoms with van der Waals surface area (Å²) in [5.41, 5.74) is 1.16. The van der Waals surface area contributed by atoms with Crippen LogP contribution in [0.1, 0.15) is 21.8 Å². The Morgan fingerprint density at radius 3 is 2.06 bits per heavy atom. The Kier molecular flexibility index (Phi) is 7.26. The molecular formula is C23H13Cl6FN2O2. The van der Waals surface area contributed by atoms with Crippen LogP contribution in [0.2, 0.25) is 20.1 Å². The van der Waals surface area contributed by atoms with Crippen LogP contribution in [0.25, 0.3) is 0 Å². The number of hydrogen-bond donors (Lipinski definition) is 2. The lowest BCUT2D eigenvalue weighted by Crippen LogP contribution is -2.18. The lowest BCUT2D eigenvalue weighted by molar-refractivity contribution is -0.117. The van der Waals surface area contributed by atoms with Crippen molar-refractivity contribution < 1.29 is 14.0 Å². The van der Waals surface area contributed by atoms with Crippen molar-refractivity contribution in [1.82, 2.24) is 0 Å². The monoisotopic (exact) mass is 578 g/mol. The summed E-state index contributed by atoms with van der Waals surface area (Å²) in [5.74, 6) is -2.92. The minimum absolute atomic E-state index is 0.0441. The van der Waals surface area contributed by atoms with E-state index in [1.165, 1.54) is 36.4 Å². The van der Waals surface area contributed by atoms with Crippen molar-refractivity contribution in [3.8, 4) is 0 Å². The summed E-state index contributed by atoms with van der Waals surface area (Å²) in [6.45, 7) is 0. The van der Waals surface area contributed by atoms with Crippen LogP contribution in [0.3, 0.4) is 0 Å². The molecule has 1 fully saturated rings. The van der Waals surface area contributed by atoms with Crippen molar-refractivity contribution in [3.63, 3.8) is 0 Å². The van der Waals surface area contributed by atoms with Crippen molar-refractivity contribution in [3.05, 3.63) is 91.6 Å². The highest BCUT2D eigenvalue weighted by atomic mass is 35.5. The van der Waals surface area contributed by atoms with Gasteiger partial charge in [0.1, 0.15) is 10.2 Å². The van der Waals surface area contributed by atoms with Crippen LogP contribution < -0.4 is 10.6 Å². The Morgan fingerprint density at radius 1 is 0.824 bits per heavy atom. The topological polar surface area (TPSA) is 58.2 Å². The van der Waals surface area contributed by atoms with Crippen LogP contribution in [-0.2, 0) is 4.79 Å². The lowest BCUT2D eigenvalue weighted by atomic mass is 10.1. The lowest BCUT2D eigenvalue weighted by Gasteiger charge is -2.12. The van der Waals surface area contributed by atoms with Gasteiger partial charge in [0.05, 0.1) is 27.2 Å². The number of anilines is 2. The van der Waals surface area contributed by atoms with Crippen LogP contribution in [0.15, 0.2) is 54.6 Å². The molecule has 2 unspecified atom stereocenters. The zero-order valence-corrected chi connectivity index (χ0v) is 21.3. The predicted molar refractivity (Wildman–Crippen MR) is 137 cm³/mol. The third-order valence-electron chi connectivity index (χ3n) is 5.24. The maximum absolute atomic E-state index is 13.1. The highest BCUT2D eigenvalue weighted by molar-refractivity contribution is 6.53. The summed E-state index contributed by atoms with van der Waals surface area (Å²) < 4.78 is 11.7. The fourth-order valence-corrected chi connectivity index (χ4v) is 5.47. The van der Waals surface area contributed by atoms with Gasteiger partial charge in [-0.15, -0.1) is 23.2 Å². The van der Waals surface area contributed by atoms with E-state index >= 15 is 0 Å². The highest BCUT2D eigenvalue weighted by Gasteiger charge is 2.67. The second-order valence-electron chi connectivity index (χ2n) is 7.59. The summed E-state index contributed by atoms with van der Waals surface area (Å²) in [7, 11) is 0. The van der Waals surface area contributed by atoms with E-state index in [0.29, 0.717) is 21.3 Å². The van der Waals surface area contributed by atoms with Crippen LogP contribution in [0.4, 0.5) is 15.8 Å².